The number of carbonyl (C=O) groups excluding carboxylic acids is 1. The number of nitrogens with zero attached hydrogens (tertiary/aromatic N) is 4. The van der Waals surface area contributed by atoms with Gasteiger partial charge in [-0.2, -0.15) is 0 Å². The fraction of sp³-hybridized carbons (Fsp3) is 0.280. The van der Waals surface area contributed by atoms with Crippen molar-refractivity contribution in [1.29, 1.82) is 0 Å². The second kappa shape index (κ2) is 9.11. The van der Waals surface area contributed by atoms with Crippen LogP contribution in [0.15, 0.2) is 58.4 Å². The summed E-state index contributed by atoms with van der Waals surface area (Å²) in [5, 5.41) is 0. The largest absolute Gasteiger partial charge is 0.356 e. The molecule has 2 aromatic heterocycles. The van der Waals surface area contributed by atoms with Gasteiger partial charge in [-0.1, -0.05) is 60.4 Å². The van der Waals surface area contributed by atoms with Gasteiger partial charge in [0.25, 0.3) is 11.5 Å². The summed E-state index contributed by atoms with van der Waals surface area (Å²) in [6, 6.07) is 13.8. The van der Waals surface area contributed by atoms with Gasteiger partial charge in [0.15, 0.2) is 0 Å². The molecule has 0 saturated carbocycles. The van der Waals surface area contributed by atoms with Crippen LogP contribution in [0.25, 0.3) is 11.7 Å². The van der Waals surface area contributed by atoms with Crippen molar-refractivity contribution in [2.75, 3.05) is 24.5 Å². The van der Waals surface area contributed by atoms with E-state index in [1.165, 1.54) is 11.8 Å². The van der Waals surface area contributed by atoms with E-state index >= 15 is 0 Å². The quantitative estimate of drug-likeness (QED) is 0.409. The summed E-state index contributed by atoms with van der Waals surface area (Å²) >= 11 is 6.77. The average Bonchev–Trinajstić information content (AvgIpc) is 3.44. The number of thioether (sulfide) groups is 1. The number of benzene rings is 1. The molecule has 2 aliphatic rings. The Labute approximate surface area is 201 Å². The summed E-state index contributed by atoms with van der Waals surface area (Å²) in [5.41, 5.74) is 3.02. The van der Waals surface area contributed by atoms with Crippen LogP contribution in [0.4, 0.5) is 5.82 Å². The van der Waals surface area contributed by atoms with Gasteiger partial charge in [-0.25, -0.2) is 4.98 Å². The monoisotopic (exact) mass is 476 g/mol. The van der Waals surface area contributed by atoms with Crippen LogP contribution in [0.3, 0.4) is 0 Å². The summed E-state index contributed by atoms with van der Waals surface area (Å²) in [7, 11) is 0. The van der Waals surface area contributed by atoms with Crippen molar-refractivity contribution in [2.45, 2.75) is 26.2 Å². The Morgan fingerprint density at radius 3 is 2.61 bits per heavy atom. The molecule has 0 aliphatic carbocycles. The van der Waals surface area contributed by atoms with Crippen LogP contribution < -0.4 is 10.5 Å². The first-order chi connectivity index (χ1) is 16.0. The van der Waals surface area contributed by atoms with Crippen molar-refractivity contribution in [2.24, 2.45) is 0 Å². The van der Waals surface area contributed by atoms with E-state index in [1.54, 1.807) is 21.6 Å². The second-order valence-corrected chi connectivity index (χ2v) is 10.0. The van der Waals surface area contributed by atoms with E-state index < -0.39 is 0 Å². The SMILES string of the molecule is Cc1ccc2nc(N3CCCC3)c(C=C3SC(=S)N(CCc4ccccc4)C3=O)c(=O)n2c1. The highest BCUT2D eigenvalue weighted by molar-refractivity contribution is 8.26. The van der Waals surface area contributed by atoms with Crippen molar-refractivity contribution < 1.29 is 4.79 Å². The maximum Gasteiger partial charge on any atom is 0.267 e. The van der Waals surface area contributed by atoms with E-state index in [4.69, 9.17) is 17.2 Å². The Balaban J connectivity index is 1.52. The fourth-order valence-electron chi connectivity index (χ4n) is 4.25. The molecule has 6 nitrogen and oxygen atoms in total. The minimum Gasteiger partial charge on any atom is -0.356 e. The molecule has 0 radical (unpaired) electrons. The zero-order chi connectivity index (χ0) is 22.9. The molecule has 2 saturated heterocycles. The first-order valence-electron chi connectivity index (χ1n) is 11.1. The molecular formula is C25H24N4O2S2. The summed E-state index contributed by atoms with van der Waals surface area (Å²) in [4.78, 5) is 35.8. The first-order valence-corrected chi connectivity index (χ1v) is 12.3. The molecule has 3 aromatic rings. The summed E-state index contributed by atoms with van der Waals surface area (Å²) in [6.45, 7) is 4.16. The number of amides is 1. The van der Waals surface area contributed by atoms with Gasteiger partial charge in [-0.05, 0) is 49.5 Å². The van der Waals surface area contributed by atoms with Crippen LogP contribution in [-0.4, -0.2) is 44.1 Å². The van der Waals surface area contributed by atoms with E-state index in [0.717, 1.165) is 43.5 Å². The van der Waals surface area contributed by atoms with Gasteiger partial charge < -0.3 is 4.90 Å². The van der Waals surface area contributed by atoms with E-state index in [2.05, 4.69) is 4.90 Å². The van der Waals surface area contributed by atoms with E-state index in [9.17, 15) is 9.59 Å². The van der Waals surface area contributed by atoms with Gasteiger partial charge in [0, 0.05) is 25.8 Å². The lowest BCUT2D eigenvalue weighted by molar-refractivity contribution is -0.122. The molecule has 168 valence electrons. The number of thiocarbonyl (C=S) groups is 1. The predicted octanol–water partition coefficient (Wildman–Crippen LogP) is 4.05. The summed E-state index contributed by atoms with van der Waals surface area (Å²) < 4.78 is 2.09. The molecule has 5 rings (SSSR count). The van der Waals surface area contributed by atoms with Gasteiger partial charge in [-0.15, -0.1) is 0 Å². The Morgan fingerprint density at radius 2 is 1.85 bits per heavy atom. The Bertz CT molecular complexity index is 1330. The normalized spacial score (nSPS) is 17.7. The number of hydrogen-bond acceptors (Lipinski definition) is 6. The third-order valence-corrected chi connectivity index (χ3v) is 7.38. The number of fused-ring (bicyclic) bond motifs is 1. The molecule has 0 atom stereocenters. The first kappa shape index (κ1) is 21.9. The zero-order valence-electron chi connectivity index (χ0n) is 18.4. The summed E-state index contributed by atoms with van der Waals surface area (Å²) in [6.07, 6.45) is 6.34. The van der Waals surface area contributed by atoms with Crippen molar-refractivity contribution in [3.8, 4) is 0 Å². The van der Waals surface area contributed by atoms with Gasteiger partial charge in [0.1, 0.15) is 15.8 Å². The maximum atomic E-state index is 13.5. The minimum absolute atomic E-state index is 0.151. The number of pyridine rings is 1. The van der Waals surface area contributed by atoms with Gasteiger partial charge >= 0.3 is 0 Å². The van der Waals surface area contributed by atoms with Crippen LogP contribution in [0.2, 0.25) is 0 Å². The van der Waals surface area contributed by atoms with Crippen LogP contribution in [0, 0.1) is 6.92 Å². The van der Waals surface area contributed by atoms with Crippen LogP contribution in [0.1, 0.15) is 29.5 Å². The van der Waals surface area contributed by atoms with E-state index in [-0.39, 0.29) is 11.5 Å². The Hall–Kier alpha value is -2.97. The molecule has 2 fully saturated rings. The number of aryl methyl sites for hydroxylation is 1. The molecule has 4 heterocycles. The number of rotatable bonds is 5. The standard InChI is InChI=1S/C25H24N4O2S2/c1-17-9-10-21-26-22(27-12-5-6-13-27)19(23(30)29(21)16-17)15-20-24(31)28(25(32)33-20)14-11-18-7-3-2-4-8-18/h2-4,7-10,15-16H,5-6,11-14H2,1H3. The smallest absolute Gasteiger partial charge is 0.267 e. The van der Waals surface area contributed by atoms with Crippen molar-refractivity contribution in [1.82, 2.24) is 14.3 Å². The highest BCUT2D eigenvalue weighted by Gasteiger charge is 2.33. The summed E-state index contributed by atoms with van der Waals surface area (Å²) in [5.74, 6) is 0.498. The number of carbonyl (C=O) groups is 1. The number of hydrogen-bond donors (Lipinski definition) is 0. The van der Waals surface area contributed by atoms with Gasteiger partial charge in [0.05, 0.1) is 10.5 Å². The Kier molecular flexibility index (Phi) is 6.03. The maximum absolute atomic E-state index is 13.5. The number of aromatic nitrogens is 2. The van der Waals surface area contributed by atoms with E-state index in [1.807, 2.05) is 49.4 Å². The van der Waals surface area contributed by atoms with E-state index in [0.29, 0.717) is 32.8 Å². The van der Waals surface area contributed by atoms with Gasteiger partial charge in [0.2, 0.25) is 0 Å². The molecule has 0 N–H and O–H groups in total. The third-order valence-electron chi connectivity index (χ3n) is 6.01. The van der Waals surface area contributed by atoms with Crippen molar-refractivity contribution >= 4 is 51.7 Å². The Morgan fingerprint density at radius 1 is 1.09 bits per heavy atom. The van der Waals surface area contributed by atoms with Gasteiger partial charge in [-0.3, -0.25) is 18.9 Å². The van der Waals surface area contributed by atoms with Crippen molar-refractivity contribution in [3.63, 3.8) is 0 Å². The molecule has 0 spiro atoms. The van der Waals surface area contributed by atoms with Crippen LogP contribution in [-0.2, 0) is 11.2 Å². The molecule has 1 amide bonds. The number of anilines is 1. The highest BCUT2D eigenvalue weighted by atomic mass is 32.2. The molecule has 1 aromatic carbocycles. The highest BCUT2D eigenvalue weighted by Crippen LogP contribution is 2.34. The van der Waals surface area contributed by atoms with Crippen molar-refractivity contribution in [3.05, 3.63) is 80.6 Å². The van der Waals surface area contributed by atoms with Crippen LogP contribution in [0.5, 0.6) is 0 Å². The zero-order valence-corrected chi connectivity index (χ0v) is 20.0. The lowest BCUT2D eigenvalue weighted by atomic mass is 10.1. The van der Waals surface area contributed by atoms with Crippen LogP contribution >= 0.6 is 24.0 Å². The fourth-order valence-corrected chi connectivity index (χ4v) is 5.54. The molecule has 0 unspecified atom stereocenters. The minimum atomic E-state index is -0.167. The average molecular weight is 477 g/mol. The lowest BCUT2D eigenvalue weighted by Crippen LogP contribution is -2.30. The second-order valence-electron chi connectivity index (χ2n) is 8.35. The lowest BCUT2D eigenvalue weighted by Gasteiger charge is -2.19. The topological polar surface area (TPSA) is 57.9 Å². The third kappa shape index (κ3) is 4.32. The predicted molar refractivity (Wildman–Crippen MR) is 138 cm³/mol. The molecule has 0 bridgehead atoms. The molecule has 8 heteroatoms. The molecule has 2 aliphatic heterocycles. The molecule has 33 heavy (non-hydrogen) atoms. The molecular weight excluding hydrogens is 452 g/mol.